The van der Waals surface area contributed by atoms with Crippen molar-refractivity contribution in [3.8, 4) is 5.75 Å². The maximum atomic E-state index is 6.06. The van der Waals surface area contributed by atoms with Gasteiger partial charge in [0.2, 0.25) is 0 Å². The molecule has 0 spiro atoms. The van der Waals surface area contributed by atoms with Gasteiger partial charge >= 0.3 is 0 Å². The summed E-state index contributed by atoms with van der Waals surface area (Å²) in [4.78, 5) is 1.31. The second kappa shape index (κ2) is 6.17. The molecular weight excluding hydrogens is 290 g/mol. The second-order valence-corrected chi connectivity index (χ2v) is 6.84. The van der Waals surface area contributed by atoms with E-state index in [1.54, 1.807) is 11.3 Å². The SMILES string of the molecule is CNC(CC1CCOc2ccccc21)c1ccc(Cl)s1. The highest BCUT2D eigenvalue weighted by Gasteiger charge is 2.25. The molecule has 0 aliphatic carbocycles. The number of ether oxygens (including phenoxy) is 1. The third-order valence-corrected chi connectivity index (χ3v) is 5.23. The highest BCUT2D eigenvalue weighted by Crippen LogP contribution is 2.40. The Morgan fingerprint density at radius 1 is 1.35 bits per heavy atom. The molecule has 2 aromatic rings. The van der Waals surface area contributed by atoms with E-state index in [2.05, 4.69) is 29.6 Å². The fraction of sp³-hybridized carbons (Fsp3) is 0.375. The molecule has 0 saturated heterocycles. The highest BCUT2D eigenvalue weighted by molar-refractivity contribution is 7.16. The Bertz CT molecular complexity index is 583. The third kappa shape index (κ3) is 2.85. The lowest BCUT2D eigenvalue weighted by Crippen LogP contribution is -2.22. The number of fused-ring (bicyclic) bond motifs is 1. The molecule has 1 aromatic carbocycles. The molecule has 0 fully saturated rings. The summed E-state index contributed by atoms with van der Waals surface area (Å²) < 4.78 is 6.59. The molecule has 106 valence electrons. The van der Waals surface area contributed by atoms with Crippen molar-refractivity contribution < 1.29 is 4.74 Å². The lowest BCUT2D eigenvalue weighted by molar-refractivity contribution is 0.256. The van der Waals surface area contributed by atoms with Crippen molar-refractivity contribution in [2.45, 2.75) is 24.8 Å². The lowest BCUT2D eigenvalue weighted by Gasteiger charge is -2.28. The van der Waals surface area contributed by atoms with Crippen LogP contribution in [0.1, 0.15) is 35.2 Å². The zero-order valence-electron chi connectivity index (χ0n) is 11.4. The maximum absolute atomic E-state index is 6.06. The Hall–Kier alpha value is -1.03. The van der Waals surface area contributed by atoms with E-state index in [9.17, 15) is 0 Å². The molecule has 20 heavy (non-hydrogen) atoms. The Morgan fingerprint density at radius 2 is 2.20 bits per heavy atom. The van der Waals surface area contributed by atoms with Crippen LogP contribution in [-0.4, -0.2) is 13.7 Å². The summed E-state index contributed by atoms with van der Waals surface area (Å²) in [7, 11) is 2.02. The van der Waals surface area contributed by atoms with E-state index < -0.39 is 0 Å². The zero-order valence-corrected chi connectivity index (χ0v) is 13.0. The van der Waals surface area contributed by atoms with Crippen molar-refractivity contribution in [2.75, 3.05) is 13.7 Å². The van der Waals surface area contributed by atoms with Gasteiger partial charge in [0.15, 0.2) is 0 Å². The van der Waals surface area contributed by atoms with Crippen LogP contribution in [0.15, 0.2) is 36.4 Å². The summed E-state index contributed by atoms with van der Waals surface area (Å²) in [5, 5.41) is 3.42. The van der Waals surface area contributed by atoms with Gasteiger partial charge in [0.1, 0.15) is 5.75 Å². The minimum atomic E-state index is 0.351. The van der Waals surface area contributed by atoms with Crippen LogP contribution in [0.5, 0.6) is 5.75 Å². The van der Waals surface area contributed by atoms with Crippen LogP contribution >= 0.6 is 22.9 Å². The highest BCUT2D eigenvalue weighted by atomic mass is 35.5. The number of rotatable bonds is 4. The number of benzene rings is 1. The number of nitrogens with one attached hydrogen (secondary N) is 1. The molecule has 2 nitrogen and oxygen atoms in total. The molecule has 2 unspecified atom stereocenters. The molecule has 2 heterocycles. The van der Waals surface area contributed by atoms with Gasteiger partial charge in [-0.15, -0.1) is 11.3 Å². The van der Waals surface area contributed by atoms with Gasteiger partial charge in [-0.3, -0.25) is 0 Å². The first-order valence-electron chi connectivity index (χ1n) is 6.92. The van der Waals surface area contributed by atoms with Crippen molar-refractivity contribution in [1.82, 2.24) is 5.32 Å². The Labute approximate surface area is 128 Å². The minimum Gasteiger partial charge on any atom is -0.493 e. The molecule has 1 aromatic heterocycles. The van der Waals surface area contributed by atoms with Crippen molar-refractivity contribution in [2.24, 2.45) is 0 Å². The molecule has 1 N–H and O–H groups in total. The van der Waals surface area contributed by atoms with E-state index in [0.717, 1.165) is 29.5 Å². The van der Waals surface area contributed by atoms with Crippen molar-refractivity contribution >= 4 is 22.9 Å². The molecule has 4 heteroatoms. The minimum absolute atomic E-state index is 0.351. The van der Waals surface area contributed by atoms with E-state index in [0.29, 0.717) is 12.0 Å². The Balaban J connectivity index is 1.80. The summed E-state index contributed by atoms with van der Waals surface area (Å²) in [6.07, 6.45) is 2.15. The lowest BCUT2D eigenvalue weighted by atomic mass is 9.87. The fourth-order valence-electron chi connectivity index (χ4n) is 2.84. The average molecular weight is 308 g/mol. The summed E-state index contributed by atoms with van der Waals surface area (Å²) in [5.41, 5.74) is 1.33. The standard InChI is InChI=1S/C16H18ClNOS/c1-18-13(15-6-7-16(17)20-15)10-11-8-9-19-14-5-3-2-4-12(11)14/h2-7,11,13,18H,8-10H2,1H3. The van der Waals surface area contributed by atoms with Gasteiger partial charge in [-0.1, -0.05) is 29.8 Å². The summed E-state index contributed by atoms with van der Waals surface area (Å²) >= 11 is 7.72. The van der Waals surface area contributed by atoms with Gasteiger partial charge in [-0.2, -0.15) is 0 Å². The normalized spacial score (nSPS) is 19.2. The van der Waals surface area contributed by atoms with Crippen LogP contribution in [-0.2, 0) is 0 Å². The average Bonchev–Trinajstić information content (AvgIpc) is 2.91. The van der Waals surface area contributed by atoms with E-state index >= 15 is 0 Å². The van der Waals surface area contributed by atoms with E-state index in [-0.39, 0.29) is 0 Å². The molecule has 3 rings (SSSR count). The van der Waals surface area contributed by atoms with E-state index in [1.165, 1.54) is 10.4 Å². The quantitative estimate of drug-likeness (QED) is 0.890. The molecule has 0 saturated carbocycles. The van der Waals surface area contributed by atoms with Crippen LogP contribution in [0.2, 0.25) is 4.34 Å². The van der Waals surface area contributed by atoms with Crippen LogP contribution in [0.4, 0.5) is 0 Å². The summed E-state index contributed by atoms with van der Waals surface area (Å²) in [5.74, 6) is 1.58. The number of hydrogen-bond donors (Lipinski definition) is 1. The van der Waals surface area contributed by atoms with Gasteiger partial charge in [0.25, 0.3) is 0 Å². The molecule has 1 aliphatic heterocycles. The monoisotopic (exact) mass is 307 g/mol. The number of para-hydroxylation sites is 1. The van der Waals surface area contributed by atoms with E-state index in [4.69, 9.17) is 16.3 Å². The number of thiophene rings is 1. The Morgan fingerprint density at radius 3 is 2.95 bits per heavy atom. The first-order valence-corrected chi connectivity index (χ1v) is 8.11. The number of hydrogen-bond acceptors (Lipinski definition) is 3. The van der Waals surface area contributed by atoms with Gasteiger partial charge in [-0.05, 0) is 49.6 Å². The molecular formula is C16H18ClNOS. The maximum Gasteiger partial charge on any atom is 0.122 e. The van der Waals surface area contributed by atoms with Crippen molar-refractivity contribution in [1.29, 1.82) is 0 Å². The summed E-state index contributed by atoms with van der Waals surface area (Å²) in [6.45, 7) is 0.809. The molecule has 1 aliphatic rings. The van der Waals surface area contributed by atoms with Gasteiger partial charge < -0.3 is 10.1 Å². The van der Waals surface area contributed by atoms with Gasteiger partial charge in [0.05, 0.1) is 10.9 Å². The van der Waals surface area contributed by atoms with Crippen LogP contribution in [0.25, 0.3) is 0 Å². The molecule has 0 radical (unpaired) electrons. The Kier molecular flexibility index (Phi) is 4.29. The predicted octanol–water partition coefficient (Wildman–Crippen LogP) is 4.62. The largest absolute Gasteiger partial charge is 0.493 e. The number of halogens is 1. The fourth-order valence-corrected chi connectivity index (χ4v) is 4.02. The van der Waals surface area contributed by atoms with Crippen molar-refractivity contribution in [3.05, 3.63) is 51.2 Å². The first-order chi connectivity index (χ1) is 9.78. The third-order valence-electron chi connectivity index (χ3n) is 3.89. The zero-order chi connectivity index (χ0) is 13.9. The van der Waals surface area contributed by atoms with Gasteiger partial charge in [-0.25, -0.2) is 0 Å². The van der Waals surface area contributed by atoms with Crippen molar-refractivity contribution in [3.63, 3.8) is 0 Å². The molecule has 0 bridgehead atoms. The van der Waals surface area contributed by atoms with Crippen LogP contribution in [0, 0.1) is 0 Å². The van der Waals surface area contributed by atoms with Crippen LogP contribution in [0.3, 0.4) is 0 Å². The molecule has 2 atom stereocenters. The topological polar surface area (TPSA) is 21.3 Å². The smallest absolute Gasteiger partial charge is 0.122 e. The summed E-state index contributed by atoms with van der Waals surface area (Å²) in [6, 6.07) is 12.8. The van der Waals surface area contributed by atoms with Gasteiger partial charge in [0, 0.05) is 10.9 Å². The molecule has 0 amide bonds. The van der Waals surface area contributed by atoms with Crippen LogP contribution < -0.4 is 10.1 Å². The second-order valence-electron chi connectivity index (χ2n) is 5.09. The van der Waals surface area contributed by atoms with E-state index in [1.807, 2.05) is 19.2 Å². The predicted molar refractivity (Wildman–Crippen MR) is 85.0 cm³/mol. The first kappa shape index (κ1) is 13.9.